The Bertz CT molecular complexity index is 1440. The lowest BCUT2D eigenvalue weighted by Crippen LogP contribution is -2.51. The molecule has 208 valence electrons. The minimum atomic E-state index is 0.0105. The second-order valence-electron chi connectivity index (χ2n) is 13.7. The largest absolute Gasteiger partial charge is 0.349 e. The molecule has 5 fully saturated rings. The van der Waals surface area contributed by atoms with Crippen LogP contribution in [-0.4, -0.2) is 33.9 Å². The number of amides is 2. The Kier molecular flexibility index (Phi) is 6.00. The minimum absolute atomic E-state index is 0.0105. The van der Waals surface area contributed by atoms with Gasteiger partial charge in [0.2, 0.25) is 0 Å². The molecule has 40 heavy (non-hydrogen) atoms. The molecule has 3 N–H and O–H groups in total. The van der Waals surface area contributed by atoms with E-state index in [1.807, 2.05) is 42.5 Å². The highest BCUT2D eigenvalue weighted by molar-refractivity contribution is 5.98. The average molecular weight is 537 g/mol. The van der Waals surface area contributed by atoms with Crippen LogP contribution in [0.2, 0.25) is 0 Å². The van der Waals surface area contributed by atoms with Crippen molar-refractivity contribution < 1.29 is 9.59 Å². The monoisotopic (exact) mass is 536 g/mol. The standard InChI is InChI=1S/C34H40N4O2/c39-33(38-31-24-3-1-2-20-6-11-25(31)17-27(20)16-24)22-9-7-21(8-10-22)32-35-28-13-12-26(18-30(28)36-32)34(40)37-29-15-19-4-5-23(29)14-19/h7-10,12-13,18-20,23-25,27,29,31H,1-6,11,14-17H2,(H,35,36)(H,37,40)(H,38,39)/t19?,20-,23?,24-,25-,27-,29?,31?/m0/s1. The molecule has 0 spiro atoms. The van der Waals surface area contributed by atoms with E-state index < -0.39 is 0 Å². The number of nitrogens with zero attached hydrogens (tertiary/aromatic N) is 1. The number of carbonyl (C=O) groups is 2. The Morgan fingerprint density at radius 2 is 1.43 bits per heavy atom. The molecule has 4 unspecified atom stereocenters. The van der Waals surface area contributed by atoms with E-state index in [1.165, 1.54) is 64.2 Å². The lowest BCUT2D eigenvalue weighted by Gasteiger charge is -2.47. The fraction of sp³-hybridized carbons (Fsp3) is 0.559. The van der Waals surface area contributed by atoms with Gasteiger partial charge in [0.15, 0.2) is 0 Å². The highest BCUT2D eigenvalue weighted by Crippen LogP contribution is 2.51. The topological polar surface area (TPSA) is 86.9 Å². The highest BCUT2D eigenvalue weighted by atomic mass is 16.2. The van der Waals surface area contributed by atoms with Gasteiger partial charge in [-0.3, -0.25) is 9.59 Å². The van der Waals surface area contributed by atoms with E-state index in [2.05, 4.69) is 15.6 Å². The Morgan fingerprint density at radius 3 is 2.23 bits per heavy atom. The predicted octanol–water partition coefficient (Wildman–Crippen LogP) is 6.48. The fourth-order valence-electron chi connectivity index (χ4n) is 9.43. The van der Waals surface area contributed by atoms with Crippen LogP contribution in [0.4, 0.5) is 0 Å². The van der Waals surface area contributed by atoms with Crippen LogP contribution in [0.25, 0.3) is 22.4 Å². The molecule has 6 heteroatoms. The Hall–Kier alpha value is -3.15. The van der Waals surface area contributed by atoms with Gasteiger partial charge in [0, 0.05) is 28.8 Å². The van der Waals surface area contributed by atoms with Gasteiger partial charge in [-0.25, -0.2) is 4.98 Å². The molecule has 2 amide bonds. The third-order valence-electron chi connectivity index (χ3n) is 11.5. The summed E-state index contributed by atoms with van der Waals surface area (Å²) in [5, 5.41) is 6.76. The fourth-order valence-corrected chi connectivity index (χ4v) is 9.43. The highest BCUT2D eigenvalue weighted by Gasteiger charge is 2.45. The number of benzene rings is 2. The summed E-state index contributed by atoms with van der Waals surface area (Å²) in [4.78, 5) is 34.5. The Morgan fingerprint density at radius 1 is 0.700 bits per heavy atom. The first-order chi connectivity index (χ1) is 19.6. The number of hydrogen-bond donors (Lipinski definition) is 3. The second kappa shape index (κ2) is 9.74. The minimum Gasteiger partial charge on any atom is -0.349 e. The van der Waals surface area contributed by atoms with Gasteiger partial charge in [-0.05, 0) is 117 Å². The van der Waals surface area contributed by atoms with Crippen LogP contribution in [0.1, 0.15) is 91.3 Å². The molecule has 5 bridgehead atoms. The smallest absolute Gasteiger partial charge is 0.251 e. The molecule has 2 aromatic carbocycles. The summed E-state index contributed by atoms with van der Waals surface area (Å²) in [5.74, 6) is 5.41. The van der Waals surface area contributed by atoms with Crippen LogP contribution in [0, 0.1) is 35.5 Å². The number of rotatable bonds is 5. The summed E-state index contributed by atoms with van der Waals surface area (Å²) in [7, 11) is 0. The van der Waals surface area contributed by atoms with Crippen molar-refractivity contribution in [2.45, 2.75) is 82.7 Å². The quantitative estimate of drug-likeness (QED) is 0.349. The molecule has 0 aliphatic heterocycles. The maximum atomic E-state index is 13.3. The van der Waals surface area contributed by atoms with Crippen LogP contribution in [0.5, 0.6) is 0 Å². The Labute approximate surface area is 236 Å². The number of carbonyl (C=O) groups excluding carboxylic acids is 2. The van der Waals surface area contributed by atoms with E-state index in [9.17, 15) is 9.59 Å². The van der Waals surface area contributed by atoms with Crippen LogP contribution < -0.4 is 10.6 Å². The summed E-state index contributed by atoms with van der Waals surface area (Å²) in [6, 6.07) is 14.1. The van der Waals surface area contributed by atoms with E-state index in [0.717, 1.165) is 46.6 Å². The van der Waals surface area contributed by atoms with Crippen LogP contribution in [0.3, 0.4) is 0 Å². The first-order valence-electron chi connectivity index (χ1n) is 15.8. The summed E-state index contributed by atoms with van der Waals surface area (Å²) in [5.41, 5.74) is 4.01. The third kappa shape index (κ3) is 4.35. The molecule has 8 rings (SSSR count). The number of aromatic nitrogens is 2. The molecule has 1 aromatic heterocycles. The summed E-state index contributed by atoms with van der Waals surface area (Å²) in [6.45, 7) is 0. The third-order valence-corrected chi connectivity index (χ3v) is 11.5. The summed E-state index contributed by atoms with van der Waals surface area (Å²) < 4.78 is 0. The summed E-state index contributed by atoms with van der Waals surface area (Å²) >= 11 is 0. The molecule has 3 aromatic rings. The molecule has 5 aliphatic carbocycles. The molecule has 8 atom stereocenters. The lowest BCUT2D eigenvalue weighted by atomic mass is 9.62. The van der Waals surface area contributed by atoms with Crippen LogP contribution in [-0.2, 0) is 0 Å². The van der Waals surface area contributed by atoms with E-state index in [1.54, 1.807) is 0 Å². The zero-order valence-corrected chi connectivity index (χ0v) is 23.2. The van der Waals surface area contributed by atoms with Crippen molar-refractivity contribution >= 4 is 22.8 Å². The predicted molar refractivity (Wildman–Crippen MR) is 156 cm³/mol. The van der Waals surface area contributed by atoms with Gasteiger partial charge in [-0.15, -0.1) is 0 Å². The van der Waals surface area contributed by atoms with Gasteiger partial charge >= 0.3 is 0 Å². The van der Waals surface area contributed by atoms with Gasteiger partial charge in [0.05, 0.1) is 11.0 Å². The van der Waals surface area contributed by atoms with Gasteiger partial charge in [-0.1, -0.05) is 31.4 Å². The van der Waals surface area contributed by atoms with E-state index in [4.69, 9.17) is 4.98 Å². The van der Waals surface area contributed by atoms with Crippen molar-refractivity contribution in [3.05, 3.63) is 53.6 Å². The van der Waals surface area contributed by atoms with Crippen molar-refractivity contribution in [1.82, 2.24) is 20.6 Å². The average Bonchev–Trinajstić information content (AvgIpc) is 3.69. The Balaban J connectivity index is 0.952. The second-order valence-corrected chi connectivity index (χ2v) is 13.7. The number of hydrogen-bond acceptors (Lipinski definition) is 3. The van der Waals surface area contributed by atoms with E-state index in [-0.39, 0.29) is 11.8 Å². The van der Waals surface area contributed by atoms with Crippen molar-refractivity contribution in [1.29, 1.82) is 0 Å². The van der Waals surface area contributed by atoms with Crippen LogP contribution >= 0.6 is 0 Å². The summed E-state index contributed by atoms with van der Waals surface area (Å²) in [6.07, 6.45) is 14.2. The molecule has 6 nitrogen and oxygen atoms in total. The lowest BCUT2D eigenvalue weighted by molar-refractivity contribution is 0.0539. The van der Waals surface area contributed by atoms with Gasteiger partial charge < -0.3 is 15.6 Å². The SMILES string of the molecule is O=C(NC1CC2CCC1C2)c1ccc2nc(-c3ccc(C(=O)NC4[C@H]5CCC[C@H]6CC[C@H]4C[C@@H]6C5)cc3)[nH]c2c1. The number of nitrogens with one attached hydrogen (secondary N) is 3. The number of H-pyrrole nitrogens is 1. The van der Waals surface area contributed by atoms with Crippen molar-refractivity contribution in [3.8, 4) is 11.4 Å². The molecule has 5 aliphatic rings. The zero-order valence-electron chi connectivity index (χ0n) is 23.2. The molecule has 0 saturated heterocycles. The molecular formula is C34H40N4O2. The zero-order chi connectivity index (χ0) is 26.8. The van der Waals surface area contributed by atoms with Crippen molar-refractivity contribution in [2.75, 3.05) is 0 Å². The first-order valence-corrected chi connectivity index (χ1v) is 15.8. The van der Waals surface area contributed by atoms with Crippen molar-refractivity contribution in [3.63, 3.8) is 0 Å². The number of imidazole rings is 1. The van der Waals surface area contributed by atoms with E-state index in [0.29, 0.717) is 41.0 Å². The van der Waals surface area contributed by atoms with Gasteiger partial charge in [0.1, 0.15) is 5.82 Å². The molecular weight excluding hydrogens is 496 g/mol. The van der Waals surface area contributed by atoms with Gasteiger partial charge in [-0.2, -0.15) is 0 Å². The maximum Gasteiger partial charge on any atom is 0.251 e. The van der Waals surface area contributed by atoms with E-state index >= 15 is 0 Å². The normalized spacial score (nSPS) is 34.1. The maximum absolute atomic E-state index is 13.3. The number of aromatic amines is 1. The molecule has 0 radical (unpaired) electrons. The van der Waals surface area contributed by atoms with Crippen molar-refractivity contribution in [2.24, 2.45) is 35.5 Å². The first kappa shape index (κ1) is 24.6. The van der Waals surface area contributed by atoms with Crippen LogP contribution in [0.15, 0.2) is 42.5 Å². The molecule has 1 heterocycles. The number of fused-ring (bicyclic) bond motifs is 5. The van der Waals surface area contributed by atoms with Gasteiger partial charge in [0.25, 0.3) is 11.8 Å². The molecule has 5 saturated carbocycles.